The van der Waals surface area contributed by atoms with Gasteiger partial charge in [-0.15, -0.1) is 0 Å². The topological polar surface area (TPSA) is 44.8 Å². The highest BCUT2D eigenvalue weighted by Crippen LogP contribution is 2.26. The molecule has 0 aromatic heterocycles. The second-order valence-electron chi connectivity index (χ2n) is 5.20. The first kappa shape index (κ1) is 18.6. The lowest BCUT2D eigenvalue weighted by Gasteiger charge is -2.13. The van der Waals surface area contributed by atoms with Crippen molar-refractivity contribution in [1.82, 2.24) is 0 Å². The maximum atomic E-state index is 11.8. The van der Waals surface area contributed by atoms with Crippen LogP contribution in [0.2, 0.25) is 5.02 Å². The summed E-state index contributed by atoms with van der Waals surface area (Å²) in [5.74, 6) is 0.746. The molecule has 0 fully saturated rings. The number of ether oxygens (including phenoxy) is 3. The Morgan fingerprint density at radius 1 is 1.08 bits per heavy atom. The number of hydrogen-bond acceptors (Lipinski definition) is 4. The number of hydrogen-bond donors (Lipinski definition) is 0. The standard InChI is InChI=1S/C18H18BrClO4/c1-11-8-14(9-12(2)17(11)20)23-6-7-24-16-5-4-13(19)10-15(16)18(21)22-3/h4-5,8-10H,6-7H2,1-3H3. The summed E-state index contributed by atoms with van der Waals surface area (Å²) < 4.78 is 16.9. The smallest absolute Gasteiger partial charge is 0.341 e. The lowest BCUT2D eigenvalue weighted by molar-refractivity contribution is 0.0595. The Labute approximate surface area is 154 Å². The molecule has 0 saturated carbocycles. The fourth-order valence-corrected chi connectivity index (χ4v) is 2.67. The van der Waals surface area contributed by atoms with Crippen LogP contribution in [0.25, 0.3) is 0 Å². The molecule has 4 nitrogen and oxygen atoms in total. The molecule has 0 bridgehead atoms. The number of carbonyl (C=O) groups excluding carboxylic acids is 1. The van der Waals surface area contributed by atoms with Gasteiger partial charge in [0.15, 0.2) is 0 Å². The highest BCUT2D eigenvalue weighted by atomic mass is 79.9. The first-order valence-electron chi connectivity index (χ1n) is 7.32. The van der Waals surface area contributed by atoms with Crippen LogP contribution >= 0.6 is 27.5 Å². The zero-order valence-electron chi connectivity index (χ0n) is 13.7. The van der Waals surface area contributed by atoms with Crippen molar-refractivity contribution in [2.45, 2.75) is 13.8 Å². The summed E-state index contributed by atoms with van der Waals surface area (Å²) in [4.78, 5) is 11.8. The van der Waals surface area contributed by atoms with E-state index >= 15 is 0 Å². The third-order valence-electron chi connectivity index (χ3n) is 3.37. The van der Waals surface area contributed by atoms with E-state index in [1.165, 1.54) is 7.11 Å². The molecule has 0 N–H and O–H groups in total. The molecule has 0 radical (unpaired) electrons. The van der Waals surface area contributed by atoms with Crippen molar-refractivity contribution in [1.29, 1.82) is 0 Å². The predicted molar refractivity (Wildman–Crippen MR) is 97.4 cm³/mol. The molecule has 0 aliphatic rings. The van der Waals surface area contributed by atoms with Crippen LogP contribution in [-0.4, -0.2) is 26.3 Å². The van der Waals surface area contributed by atoms with Crippen molar-refractivity contribution in [2.75, 3.05) is 20.3 Å². The minimum Gasteiger partial charge on any atom is -0.490 e. The van der Waals surface area contributed by atoms with Crippen molar-refractivity contribution in [3.8, 4) is 11.5 Å². The number of rotatable bonds is 6. The van der Waals surface area contributed by atoms with Gasteiger partial charge in [-0.25, -0.2) is 4.79 Å². The first-order chi connectivity index (χ1) is 11.4. The van der Waals surface area contributed by atoms with Gasteiger partial charge in [-0.05, 0) is 55.3 Å². The molecule has 0 spiro atoms. The summed E-state index contributed by atoms with van der Waals surface area (Å²) in [6.45, 7) is 4.51. The van der Waals surface area contributed by atoms with Gasteiger partial charge in [0, 0.05) is 9.50 Å². The predicted octanol–water partition coefficient (Wildman–Crippen LogP) is 4.96. The lowest BCUT2D eigenvalue weighted by atomic mass is 10.1. The number of carbonyl (C=O) groups is 1. The van der Waals surface area contributed by atoms with Gasteiger partial charge in [-0.3, -0.25) is 0 Å². The first-order valence-corrected chi connectivity index (χ1v) is 8.49. The van der Waals surface area contributed by atoms with Gasteiger partial charge in [0.1, 0.15) is 30.3 Å². The van der Waals surface area contributed by atoms with Crippen molar-refractivity contribution < 1.29 is 19.0 Å². The highest BCUT2D eigenvalue weighted by Gasteiger charge is 2.13. The Balaban J connectivity index is 1.97. The SMILES string of the molecule is COC(=O)c1cc(Br)ccc1OCCOc1cc(C)c(Cl)c(C)c1. The quantitative estimate of drug-likeness (QED) is 0.496. The van der Waals surface area contributed by atoms with E-state index in [-0.39, 0.29) is 0 Å². The van der Waals surface area contributed by atoms with Gasteiger partial charge in [0.05, 0.1) is 7.11 Å². The second kappa shape index (κ2) is 8.40. The molecule has 0 heterocycles. The molecule has 2 rings (SSSR count). The largest absolute Gasteiger partial charge is 0.490 e. The zero-order valence-corrected chi connectivity index (χ0v) is 16.0. The van der Waals surface area contributed by atoms with Crippen molar-refractivity contribution in [3.63, 3.8) is 0 Å². The summed E-state index contributed by atoms with van der Waals surface area (Å²) in [6.07, 6.45) is 0. The third-order valence-corrected chi connectivity index (χ3v) is 4.46. The van der Waals surface area contributed by atoms with Crippen LogP contribution in [0.3, 0.4) is 0 Å². The molecular formula is C18H18BrClO4. The van der Waals surface area contributed by atoms with E-state index in [2.05, 4.69) is 15.9 Å². The van der Waals surface area contributed by atoms with E-state index in [9.17, 15) is 4.79 Å². The molecule has 2 aromatic rings. The van der Waals surface area contributed by atoms with Gasteiger partial charge in [-0.1, -0.05) is 27.5 Å². The Morgan fingerprint density at radius 2 is 1.71 bits per heavy atom. The van der Waals surface area contributed by atoms with Gasteiger partial charge in [0.25, 0.3) is 0 Å². The fraction of sp³-hybridized carbons (Fsp3) is 0.278. The molecule has 0 amide bonds. The molecule has 2 aromatic carbocycles. The maximum absolute atomic E-state index is 11.8. The van der Waals surface area contributed by atoms with Gasteiger partial charge >= 0.3 is 5.97 Å². The van der Waals surface area contributed by atoms with Crippen LogP contribution in [-0.2, 0) is 4.74 Å². The van der Waals surface area contributed by atoms with E-state index in [1.54, 1.807) is 18.2 Å². The lowest BCUT2D eigenvalue weighted by Crippen LogP contribution is -2.12. The van der Waals surface area contributed by atoms with Crippen LogP contribution in [0, 0.1) is 13.8 Å². The monoisotopic (exact) mass is 412 g/mol. The van der Waals surface area contributed by atoms with Crippen molar-refractivity contribution in [2.24, 2.45) is 0 Å². The molecular weight excluding hydrogens is 396 g/mol. The number of esters is 1. The second-order valence-corrected chi connectivity index (χ2v) is 6.49. The highest BCUT2D eigenvalue weighted by molar-refractivity contribution is 9.10. The molecule has 0 aliphatic carbocycles. The van der Waals surface area contributed by atoms with Crippen molar-refractivity contribution >= 4 is 33.5 Å². The molecule has 0 saturated heterocycles. The molecule has 128 valence electrons. The normalized spacial score (nSPS) is 10.4. The minimum absolute atomic E-state index is 0.298. The summed E-state index contributed by atoms with van der Waals surface area (Å²) >= 11 is 9.46. The van der Waals surface area contributed by atoms with Gasteiger partial charge < -0.3 is 14.2 Å². The summed E-state index contributed by atoms with van der Waals surface area (Å²) in [7, 11) is 1.33. The fourth-order valence-electron chi connectivity index (χ4n) is 2.20. The van der Waals surface area contributed by atoms with Crippen LogP contribution in [0.15, 0.2) is 34.8 Å². The Morgan fingerprint density at radius 3 is 2.33 bits per heavy atom. The summed E-state index contributed by atoms with van der Waals surface area (Å²) in [5, 5.41) is 0.746. The van der Waals surface area contributed by atoms with Gasteiger partial charge in [-0.2, -0.15) is 0 Å². The van der Waals surface area contributed by atoms with Crippen LogP contribution in [0.1, 0.15) is 21.5 Å². The summed E-state index contributed by atoms with van der Waals surface area (Å²) in [6, 6.07) is 8.94. The maximum Gasteiger partial charge on any atom is 0.341 e. The number of halogens is 2. The van der Waals surface area contributed by atoms with Crippen LogP contribution in [0.4, 0.5) is 0 Å². The Hall–Kier alpha value is -1.72. The molecule has 0 atom stereocenters. The average Bonchev–Trinajstić information content (AvgIpc) is 2.56. The average molecular weight is 414 g/mol. The molecule has 0 aliphatic heterocycles. The van der Waals surface area contributed by atoms with Gasteiger partial charge in [0.2, 0.25) is 0 Å². The molecule has 6 heteroatoms. The Bertz CT molecular complexity index is 723. The van der Waals surface area contributed by atoms with E-state index in [1.807, 2.05) is 26.0 Å². The zero-order chi connectivity index (χ0) is 17.7. The number of benzene rings is 2. The summed E-state index contributed by atoms with van der Waals surface area (Å²) in [5.41, 5.74) is 2.30. The number of aryl methyl sites for hydroxylation is 2. The van der Waals surface area contributed by atoms with Crippen molar-refractivity contribution in [3.05, 3.63) is 56.5 Å². The van der Waals surface area contributed by atoms with Crippen LogP contribution in [0.5, 0.6) is 11.5 Å². The minimum atomic E-state index is -0.448. The van der Waals surface area contributed by atoms with E-state index in [0.29, 0.717) is 24.5 Å². The van der Waals surface area contributed by atoms with E-state index < -0.39 is 5.97 Å². The van der Waals surface area contributed by atoms with E-state index in [4.69, 9.17) is 25.8 Å². The molecule has 24 heavy (non-hydrogen) atoms. The third kappa shape index (κ3) is 4.65. The van der Waals surface area contributed by atoms with Crippen LogP contribution < -0.4 is 9.47 Å². The number of methoxy groups -OCH3 is 1. The Kier molecular flexibility index (Phi) is 6.52. The van der Waals surface area contributed by atoms with E-state index in [0.717, 1.165) is 26.4 Å². The molecule has 0 unspecified atom stereocenters.